The Morgan fingerprint density at radius 2 is 2.38 bits per heavy atom. The monoisotopic (exact) mass is 221 g/mol. The highest BCUT2D eigenvalue weighted by molar-refractivity contribution is 5.92. The Bertz CT molecular complexity index is 479. The molecule has 0 bridgehead atoms. The highest BCUT2D eigenvalue weighted by atomic mass is 19.1. The lowest BCUT2D eigenvalue weighted by Crippen LogP contribution is -1.88. The summed E-state index contributed by atoms with van der Waals surface area (Å²) in [6.07, 6.45) is 2.49. The average Bonchev–Trinajstić information content (AvgIpc) is 2.28. The molecule has 0 saturated carbocycles. The van der Waals surface area contributed by atoms with Crippen molar-refractivity contribution in [2.75, 3.05) is 7.11 Å². The van der Waals surface area contributed by atoms with Crippen molar-refractivity contribution in [2.24, 2.45) is 5.11 Å². The van der Waals surface area contributed by atoms with Gasteiger partial charge in [0.2, 0.25) is 5.91 Å². The Kier molecular flexibility index (Phi) is 4.06. The predicted octanol–water partition coefficient (Wildman–Crippen LogP) is 2.68. The minimum atomic E-state index is -0.717. The van der Waals surface area contributed by atoms with Gasteiger partial charge in [-0.3, -0.25) is 4.79 Å². The van der Waals surface area contributed by atoms with Gasteiger partial charge in [0, 0.05) is 4.91 Å². The fraction of sp³-hybridized carbons (Fsp3) is 0.100. The van der Waals surface area contributed by atoms with Gasteiger partial charge in [0.1, 0.15) is 0 Å². The standard InChI is InChI=1S/C10H8FN3O2/c1-16-9-6-7(2-4-8(9)11)3-5-10(15)13-14-12/h2-6H,1H3/b5-3+. The number of ether oxygens (including phenoxy) is 1. The molecule has 0 atom stereocenters. The van der Waals surface area contributed by atoms with Crippen molar-refractivity contribution in [2.45, 2.75) is 0 Å². The van der Waals surface area contributed by atoms with Crippen LogP contribution >= 0.6 is 0 Å². The molecule has 0 heterocycles. The normalized spacial score (nSPS) is 9.88. The van der Waals surface area contributed by atoms with Crippen molar-refractivity contribution >= 4 is 12.0 Å². The van der Waals surface area contributed by atoms with Crippen LogP contribution in [0.25, 0.3) is 16.5 Å². The third kappa shape index (κ3) is 3.11. The van der Waals surface area contributed by atoms with Crippen molar-refractivity contribution in [1.82, 2.24) is 0 Å². The first-order valence-corrected chi connectivity index (χ1v) is 4.28. The van der Waals surface area contributed by atoms with E-state index in [1.807, 2.05) is 0 Å². The Morgan fingerprint density at radius 1 is 1.62 bits per heavy atom. The van der Waals surface area contributed by atoms with E-state index in [0.717, 1.165) is 6.08 Å². The summed E-state index contributed by atoms with van der Waals surface area (Å²) < 4.78 is 17.8. The van der Waals surface area contributed by atoms with Crippen LogP contribution in [0.15, 0.2) is 29.4 Å². The number of benzene rings is 1. The summed E-state index contributed by atoms with van der Waals surface area (Å²) in [6, 6.07) is 4.11. The van der Waals surface area contributed by atoms with E-state index in [4.69, 9.17) is 10.3 Å². The molecule has 0 aliphatic rings. The zero-order valence-electron chi connectivity index (χ0n) is 8.42. The topological polar surface area (TPSA) is 75.1 Å². The van der Waals surface area contributed by atoms with E-state index in [-0.39, 0.29) is 5.75 Å². The summed E-state index contributed by atoms with van der Waals surface area (Å²) in [5, 5.41) is 2.85. The number of amides is 1. The molecular weight excluding hydrogens is 213 g/mol. The fourth-order valence-electron chi connectivity index (χ4n) is 1.02. The zero-order chi connectivity index (χ0) is 12.0. The van der Waals surface area contributed by atoms with Gasteiger partial charge in [-0.2, -0.15) is 0 Å². The van der Waals surface area contributed by atoms with Gasteiger partial charge in [0.05, 0.1) is 7.11 Å². The fourth-order valence-corrected chi connectivity index (χ4v) is 1.02. The van der Waals surface area contributed by atoms with Gasteiger partial charge in [0.15, 0.2) is 11.6 Å². The lowest BCUT2D eigenvalue weighted by Gasteiger charge is -2.01. The molecule has 0 fully saturated rings. The lowest BCUT2D eigenvalue weighted by molar-refractivity contribution is -0.113. The van der Waals surface area contributed by atoms with Crippen LogP contribution in [0.5, 0.6) is 5.75 Å². The highest BCUT2D eigenvalue weighted by Gasteiger charge is 2.01. The molecule has 0 saturated heterocycles. The van der Waals surface area contributed by atoms with Crippen LogP contribution in [-0.4, -0.2) is 13.0 Å². The third-order valence-electron chi connectivity index (χ3n) is 1.74. The smallest absolute Gasteiger partial charge is 0.242 e. The minimum absolute atomic E-state index is 0.0818. The van der Waals surface area contributed by atoms with E-state index in [1.165, 1.54) is 31.4 Å². The van der Waals surface area contributed by atoms with E-state index in [1.54, 1.807) is 0 Å². The number of hydrogen-bond donors (Lipinski definition) is 0. The van der Waals surface area contributed by atoms with Gasteiger partial charge >= 0.3 is 0 Å². The molecule has 1 amide bonds. The molecule has 0 aliphatic carbocycles. The number of carbonyl (C=O) groups excluding carboxylic acids is 1. The van der Waals surface area contributed by atoms with E-state index < -0.39 is 11.7 Å². The highest BCUT2D eigenvalue weighted by Crippen LogP contribution is 2.18. The summed E-state index contributed by atoms with van der Waals surface area (Å²) in [4.78, 5) is 13.2. The first-order valence-electron chi connectivity index (χ1n) is 4.28. The molecule has 0 unspecified atom stereocenters. The second-order valence-electron chi connectivity index (χ2n) is 2.75. The van der Waals surface area contributed by atoms with Crippen LogP contribution < -0.4 is 4.74 Å². The summed E-state index contributed by atoms with van der Waals surface area (Å²) >= 11 is 0. The Hall–Kier alpha value is -2.33. The molecule has 82 valence electrons. The second-order valence-corrected chi connectivity index (χ2v) is 2.75. The van der Waals surface area contributed by atoms with Gasteiger partial charge < -0.3 is 4.74 Å². The van der Waals surface area contributed by atoms with E-state index in [2.05, 4.69) is 10.0 Å². The summed E-state index contributed by atoms with van der Waals surface area (Å²) in [7, 11) is 1.34. The molecule has 0 aliphatic heterocycles. The van der Waals surface area contributed by atoms with Crippen molar-refractivity contribution in [1.29, 1.82) is 0 Å². The minimum Gasteiger partial charge on any atom is -0.494 e. The first-order chi connectivity index (χ1) is 7.67. The van der Waals surface area contributed by atoms with Crippen LogP contribution in [-0.2, 0) is 4.79 Å². The Balaban J connectivity index is 2.90. The molecule has 0 radical (unpaired) electrons. The van der Waals surface area contributed by atoms with E-state index in [0.29, 0.717) is 5.56 Å². The molecule has 0 aromatic heterocycles. The first kappa shape index (κ1) is 11.7. The number of methoxy groups -OCH3 is 1. The maximum atomic E-state index is 13.0. The van der Waals surface area contributed by atoms with Gasteiger partial charge in [-0.25, -0.2) is 4.39 Å². The van der Waals surface area contributed by atoms with E-state index >= 15 is 0 Å². The van der Waals surface area contributed by atoms with Crippen molar-refractivity contribution in [3.8, 4) is 5.75 Å². The molecule has 6 heteroatoms. The van der Waals surface area contributed by atoms with Gasteiger partial charge in [-0.1, -0.05) is 12.1 Å². The number of halogens is 1. The van der Waals surface area contributed by atoms with Gasteiger partial charge in [-0.15, -0.1) is 0 Å². The number of azide groups is 1. The van der Waals surface area contributed by atoms with Crippen LogP contribution in [0, 0.1) is 5.82 Å². The quantitative estimate of drug-likeness (QED) is 0.340. The Labute approximate surface area is 90.8 Å². The molecule has 0 spiro atoms. The molecule has 1 aromatic carbocycles. The number of nitrogens with zero attached hydrogens (tertiary/aromatic N) is 3. The van der Waals surface area contributed by atoms with Crippen LogP contribution in [0.2, 0.25) is 0 Å². The second kappa shape index (κ2) is 5.53. The third-order valence-corrected chi connectivity index (χ3v) is 1.74. The SMILES string of the molecule is COc1cc(/C=C/C(=O)N=[N+]=[N-])ccc1F. The summed E-state index contributed by atoms with van der Waals surface area (Å²) in [5.74, 6) is -1.12. The van der Waals surface area contributed by atoms with Crippen LogP contribution in [0.4, 0.5) is 4.39 Å². The van der Waals surface area contributed by atoms with Crippen LogP contribution in [0.1, 0.15) is 5.56 Å². The zero-order valence-corrected chi connectivity index (χ0v) is 8.42. The predicted molar refractivity (Wildman–Crippen MR) is 56.1 cm³/mol. The largest absolute Gasteiger partial charge is 0.494 e. The van der Waals surface area contributed by atoms with Gasteiger partial charge in [0.25, 0.3) is 0 Å². The summed E-state index contributed by atoms with van der Waals surface area (Å²) in [5.41, 5.74) is 8.56. The molecule has 16 heavy (non-hydrogen) atoms. The van der Waals surface area contributed by atoms with Gasteiger partial charge in [-0.05, 0) is 34.4 Å². The Morgan fingerprint density at radius 3 is 3.00 bits per heavy atom. The van der Waals surface area contributed by atoms with E-state index in [9.17, 15) is 9.18 Å². The van der Waals surface area contributed by atoms with Crippen molar-refractivity contribution in [3.05, 3.63) is 46.1 Å². The molecule has 0 N–H and O–H groups in total. The van der Waals surface area contributed by atoms with Crippen LogP contribution in [0.3, 0.4) is 0 Å². The van der Waals surface area contributed by atoms with Crippen molar-refractivity contribution < 1.29 is 13.9 Å². The molecule has 1 rings (SSSR count). The number of hydrogen-bond acceptors (Lipinski definition) is 2. The molecular formula is C10H8FN3O2. The number of rotatable bonds is 3. The maximum absolute atomic E-state index is 13.0. The maximum Gasteiger partial charge on any atom is 0.242 e. The molecule has 5 nitrogen and oxygen atoms in total. The molecule has 1 aromatic rings. The lowest BCUT2D eigenvalue weighted by atomic mass is 10.2. The number of carbonyl (C=O) groups is 1. The average molecular weight is 221 g/mol. The summed E-state index contributed by atoms with van der Waals surface area (Å²) in [6.45, 7) is 0. The van der Waals surface area contributed by atoms with Crippen molar-refractivity contribution in [3.63, 3.8) is 0 Å².